The Hall–Kier alpha value is -2.60. The molecule has 0 radical (unpaired) electrons. The van der Waals surface area contributed by atoms with Crippen molar-refractivity contribution in [1.82, 2.24) is 0 Å². The maximum atomic E-state index is 6.10. The van der Waals surface area contributed by atoms with E-state index in [4.69, 9.17) is 14.2 Å². The summed E-state index contributed by atoms with van der Waals surface area (Å²) in [5.74, 6) is 1.38. The van der Waals surface area contributed by atoms with Crippen molar-refractivity contribution >= 4 is 27.2 Å². The van der Waals surface area contributed by atoms with Gasteiger partial charge in [0.2, 0.25) is 0 Å². The molecule has 0 spiro atoms. The van der Waals surface area contributed by atoms with Crippen molar-refractivity contribution in [2.24, 2.45) is 5.92 Å². The zero-order valence-corrected chi connectivity index (χ0v) is 22.7. The Morgan fingerprint density at radius 1 is 0.889 bits per heavy atom. The highest BCUT2D eigenvalue weighted by Gasteiger charge is 2.27. The highest BCUT2D eigenvalue weighted by atomic mass is 79.9. The molecule has 0 N–H and O–H groups in total. The number of halogens is 1. The van der Waals surface area contributed by atoms with Crippen LogP contribution in [0.2, 0.25) is 0 Å². The van der Waals surface area contributed by atoms with Gasteiger partial charge in [-0.05, 0) is 77.8 Å². The second-order valence-corrected chi connectivity index (χ2v) is 10.5. The highest BCUT2D eigenvalue weighted by molar-refractivity contribution is 9.11. The van der Waals surface area contributed by atoms with Crippen LogP contribution >= 0.6 is 15.9 Å². The minimum absolute atomic E-state index is 0.102. The first-order valence-electron chi connectivity index (χ1n) is 12.8. The van der Waals surface area contributed by atoms with Gasteiger partial charge in [-0.1, -0.05) is 64.5 Å². The molecule has 1 fully saturated rings. The summed E-state index contributed by atoms with van der Waals surface area (Å²) < 4.78 is 18.3. The third-order valence-electron chi connectivity index (χ3n) is 7.39. The number of aryl methyl sites for hydroxylation is 1. The lowest BCUT2D eigenvalue weighted by Crippen LogP contribution is -2.39. The van der Waals surface area contributed by atoms with Gasteiger partial charge in [0.25, 0.3) is 0 Å². The van der Waals surface area contributed by atoms with E-state index < -0.39 is 0 Å². The summed E-state index contributed by atoms with van der Waals surface area (Å²) in [7, 11) is 3.46. The molecule has 1 aliphatic heterocycles. The van der Waals surface area contributed by atoms with E-state index in [1.165, 1.54) is 38.0 Å². The molecule has 3 aromatic carbocycles. The number of methoxy groups -OCH3 is 2. The fourth-order valence-corrected chi connectivity index (χ4v) is 6.07. The average molecular weight is 549 g/mol. The van der Waals surface area contributed by atoms with Crippen LogP contribution in [-0.4, -0.2) is 33.6 Å². The standard InChI is InChI=1S/C31H34BrNO3/c1-34-31(35-2)24-16-18-33(19-17-24)26-11-8-23(9-12-26)30-28-14-13-27(20-25(28)10-15-29(30)32)36-21-22-6-4-3-5-7-22/h3-9,11-14,20,24,31H,10,15-19,21H2,1-2H3. The molecule has 0 bridgehead atoms. The van der Waals surface area contributed by atoms with Gasteiger partial charge >= 0.3 is 0 Å². The number of benzene rings is 3. The first kappa shape index (κ1) is 25.1. The number of fused-ring (bicyclic) bond motifs is 1. The summed E-state index contributed by atoms with van der Waals surface area (Å²) in [6.07, 6.45) is 4.06. The van der Waals surface area contributed by atoms with Crippen LogP contribution in [-0.2, 0) is 22.5 Å². The van der Waals surface area contributed by atoms with E-state index in [1.54, 1.807) is 14.2 Å². The van der Waals surface area contributed by atoms with Crippen LogP contribution in [0.25, 0.3) is 5.57 Å². The topological polar surface area (TPSA) is 30.9 Å². The number of allylic oxidation sites excluding steroid dienone is 1. The summed E-state index contributed by atoms with van der Waals surface area (Å²) in [5.41, 5.74) is 7.63. The molecule has 36 heavy (non-hydrogen) atoms. The second kappa shape index (κ2) is 11.6. The summed E-state index contributed by atoms with van der Waals surface area (Å²) in [6, 6.07) is 25.9. The van der Waals surface area contributed by atoms with Crippen molar-refractivity contribution in [3.63, 3.8) is 0 Å². The van der Waals surface area contributed by atoms with Gasteiger partial charge in [0.05, 0.1) is 0 Å². The molecule has 1 saturated heterocycles. The van der Waals surface area contributed by atoms with Crippen molar-refractivity contribution in [1.29, 1.82) is 0 Å². The van der Waals surface area contributed by atoms with E-state index in [0.29, 0.717) is 12.5 Å². The van der Waals surface area contributed by atoms with Gasteiger partial charge in [-0.25, -0.2) is 0 Å². The highest BCUT2D eigenvalue weighted by Crippen LogP contribution is 2.40. The van der Waals surface area contributed by atoms with E-state index >= 15 is 0 Å². The second-order valence-electron chi connectivity index (χ2n) is 9.58. The molecule has 1 aliphatic carbocycles. The van der Waals surface area contributed by atoms with E-state index in [0.717, 1.165) is 44.5 Å². The van der Waals surface area contributed by atoms with Crippen molar-refractivity contribution in [2.75, 3.05) is 32.2 Å². The minimum Gasteiger partial charge on any atom is -0.489 e. The van der Waals surface area contributed by atoms with Crippen LogP contribution in [0.3, 0.4) is 0 Å². The summed E-state index contributed by atoms with van der Waals surface area (Å²) in [6.45, 7) is 2.63. The summed E-state index contributed by atoms with van der Waals surface area (Å²) in [4.78, 5) is 2.47. The van der Waals surface area contributed by atoms with Gasteiger partial charge < -0.3 is 19.1 Å². The third kappa shape index (κ3) is 5.54. The number of hydrogen-bond acceptors (Lipinski definition) is 4. The molecule has 2 aliphatic rings. The van der Waals surface area contributed by atoms with Crippen molar-refractivity contribution < 1.29 is 14.2 Å². The lowest BCUT2D eigenvalue weighted by atomic mass is 9.86. The zero-order valence-electron chi connectivity index (χ0n) is 21.1. The van der Waals surface area contributed by atoms with Crippen LogP contribution in [0, 0.1) is 5.92 Å². The molecule has 0 aromatic heterocycles. The Balaban J connectivity index is 1.28. The first-order chi connectivity index (χ1) is 17.7. The molecule has 0 saturated carbocycles. The van der Waals surface area contributed by atoms with Gasteiger partial charge in [0.1, 0.15) is 12.4 Å². The molecule has 0 amide bonds. The molecule has 3 aromatic rings. The molecule has 0 unspecified atom stereocenters. The Labute approximate surface area is 223 Å². The zero-order chi connectivity index (χ0) is 24.9. The van der Waals surface area contributed by atoms with Gasteiger partial charge in [-0.2, -0.15) is 0 Å². The van der Waals surface area contributed by atoms with Gasteiger partial charge in [0.15, 0.2) is 6.29 Å². The average Bonchev–Trinajstić information content (AvgIpc) is 2.94. The van der Waals surface area contributed by atoms with Gasteiger partial charge in [0, 0.05) is 43.4 Å². The van der Waals surface area contributed by atoms with Crippen molar-refractivity contribution in [3.05, 3.63) is 99.5 Å². The molecule has 4 nitrogen and oxygen atoms in total. The van der Waals surface area contributed by atoms with Crippen LogP contribution in [0.5, 0.6) is 5.75 Å². The van der Waals surface area contributed by atoms with Crippen molar-refractivity contribution in [2.45, 2.75) is 38.6 Å². The van der Waals surface area contributed by atoms with Crippen LogP contribution in [0.1, 0.15) is 41.5 Å². The third-order valence-corrected chi connectivity index (χ3v) is 8.18. The van der Waals surface area contributed by atoms with E-state index in [9.17, 15) is 0 Å². The van der Waals surface area contributed by atoms with E-state index in [2.05, 4.69) is 75.4 Å². The predicted molar refractivity (Wildman–Crippen MR) is 150 cm³/mol. The number of piperidine rings is 1. The monoisotopic (exact) mass is 547 g/mol. The predicted octanol–water partition coefficient (Wildman–Crippen LogP) is 7.20. The van der Waals surface area contributed by atoms with Crippen molar-refractivity contribution in [3.8, 4) is 5.75 Å². The number of nitrogens with zero attached hydrogens (tertiary/aromatic N) is 1. The van der Waals surface area contributed by atoms with E-state index in [-0.39, 0.29) is 6.29 Å². The Morgan fingerprint density at radius 3 is 2.31 bits per heavy atom. The molecule has 1 heterocycles. The fourth-order valence-electron chi connectivity index (χ4n) is 5.43. The fraction of sp³-hybridized carbons (Fsp3) is 0.355. The number of rotatable bonds is 8. The number of ether oxygens (including phenoxy) is 3. The Morgan fingerprint density at radius 2 is 1.61 bits per heavy atom. The SMILES string of the molecule is COC(OC)C1CCN(c2ccc(C3=C(Br)CCc4cc(OCc5ccccc5)ccc43)cc2)CC1. The molecule has 5 heteroatoms. The molecule has 5 rings (SSSR count). The van der Waals surface area contributed by atoms with E-state index in [1.807, 2.05) is 18.2 Å². The Bertz CT molecular complexity index is 1180. The smallest absolute Gasteiger partial charge is 0.159 e. The van der Waals surface area contributed by atoms with Crippen LogP contribution in [0.4, 0.5) is 5.69 Å². The molecule has 0 atom stereocenters. The van der Waals surface area contributed by atoms with Gasteiger partial charge in [-0.15, -0.1) is 0 Å². The summed E-state index contributed by atoms with van der Waals surface area (Å²) >= 11 is 3.88. The first-order valence-corrected chi connectivity index (χ1v) is 13.5. The quantitative estimate of drug-likeness (QED) is 0.279. The lowest BCUT2D eigenvalue weighted by molar-refractivity contribution is -0.141. The maximum absolute atomic E-state index is 6.10. The largest absolute Gasteiger partial charge is 0.489 e. The number of hydrogen-bond donors (Lipinski definition) is 0. The minimum atomic E-state index is -0.102. The van der Waals surface area contributed by atoms with Crippen LogP contribution in [0.15, 0.2) is 77.3 Å². The van der Waals surface area contributed by atoms with Gasteiger partial charge in [-0.3, -0.25) is 0 Å². The maximum Gasteiger partial charge on any atom is 0.159 e. The molecular formula is C31H34BrNO3. The summed E-state index contributed by atoms with van der Waals surface area (Å²) in [5, 5.41) is 0. The normalized spacial score (nSPS) is 16.4. The Kier molecular flexibility index (Phi) is 8.10. The lowest BCUT2D eigenvalue weighted by Gasteiger charge is -2.36. The molecule has 188 valence electrons. The molecular weight excluding hydrogens is 514 g/mol. The van der Waals surface area contributed by atoms with Crippen LogP contribution < -0.4 is 9.64 Å². The number of anilines is 1.